The van der Waals surface area contributed by atoms with Crippen molar-refractivity contribution in [3.63, 3.8) is 0 Å². The fourth-order valence-electron chi connectivity index (χ4n) is 3.04. The molecule has 4 nitrogen and oxygen atoms in total. The Balaban J connectivity index is 2.43. The van der Waals surface area contributed by atoms with E-state index < -0.39 is 5.41 Å². The lowest BCUT2D eigenvalue weighted by molar-refractivity contribution is -0.130. The van der Waals surface area contributed by atoms with Crippen molar-refractivity contribution in [3.05, 3.63) is 65.4 Å². The molecular formula is C19H21Br4N3O. The van der Waals surface area contributed by atoms with E-state index in [4.69, 9.17) is 11.5 Å². The van der Waals surface area contributed by atoms with Gasteiger partial charge in [-0.2, -0.15) is 0 Å². The summed E-state index contributed by atoms with van der Waals surface area (Å²) in [7, 11) is 0. The van der Waals surface area contributed by atoms with Crippen molar-refractivity contribution in [2.75, 3.05) is 19.6 Å². The van der Waals surface area contributed by atoms with E-state index in [0.717, 1.165) is 29.0 Å². The Hall–Kier alpha value is -0.250. The molecule has 0 unspecified atom stereocenters. The van der Waals surface area contributed by atoms with Gasteiger partial charge in [0.25, 0.3) is 0 Å². The van der Waals surface area contributed by atoms with Crippen molar-refractivity contribution in [2.45, 2.75) is 12.8 Å². The number of hydrogen-bond donors (Lipinski definition) is 3. The third kappa shape index (κ3) is 6.65. The Bertz CT molecular complexity index is 720. The molecule has 146 valence electrons. The largest absolute Gasteiger partial charge is 0.354 e. The maximum atomic E-state index is 13.1. The van der Waals surface area contributed by atoms with Crippen LogP contribution in [0.1, 0.15) is 11.1 Å². The lowest BCUT2D eigenvalue weighted by Gasteiger charge is -2.32. The third-order valence-corrected chi connectivity index (χ3v) is 6.06. The highest BCUT2D eigenvalue weighted by Gasteiger charge is 2.37. The van der Waals surface area contributed by atoms with Crippen LogP contribution in [-0.2, 0) is 17.6 Å². The zero-order valence-electron chi connectivity index (χ0n) is 14.6. The third-order valence-electron chi connectivity index (χ3n) is 4.23. The van der Waals surface area contributed by atoms with Crippen LogP contribution >= 0.6 is 63.7 Å². The molecule has 2 aromatic rings. The summed E-state index contributed by atoms with van der Waals surface area (Å²) < 4.78 is 3.80. The molecule has 5 N–H and O–H groups in total. The molecule has 0 fully saturated rings. The summed E-state index contributed by atoms with van der Waals surface area (Å²) in [5.74, 6) is -0.0809. The summed E-state index contributed by atoms with van der Waals surface area (Å²) in [6, 6.07) is 12.0. The molecule has 1 amide bonds. The van der Waals surface area contributed by atoms with Crippen LogP contribution in [-0.4, -0.2) is 25.5 Å². The maximum absolute atomic E-state index is 13.1. The van der Waals surface area contributed by atoms with Gasteiger partial charge in [-0.1, -0.05) is 63.7 Å². The molecule has 0 aliphatic heterocycles. The van der Waals surface area contributed by atoms with Crippen LogP contribution in [0.4, 0.5) is 0 Å². The second-order valence-corrected chi connectivity index (χ2v) is 10.1. The minimum Gasteiger partial charge on any atom is -0.354 e. The number of nitrogens with two attached hydrogens (primary N) is 2. The Kier molecular flexibility index (Phi) is 8.96. The fraction of sp³-hybridized carbons (Fsp3) is 0.316. The summed E-state index contributed by atoms with van der Waals surface area (Å²) in [6.07, 6.45) is 1.03. The zero-order valence-corrected chi connectivity index (χ0v) is 20.9. The first kappa shape index (κ1) is 23.0. The highest BCUT2D eigenvalue weighted by atomic mass is 79.9. The molecular weight excluding hydrogens is 606 g/mol. The van der Waals surface area contributed by atoms with Crippen LogP contribution in [0.25, 0.3) is 0 Å². The highest BCUT2D eigenvalue weighted by molar-refractivity contribution is 9.11. The summed E-state index contributed by atoms with van der Waals surface area (Å²) in [6.45, 7) is 1.03. The average Bonchev–Trinajstić information content (AvgIpc) is 2.57. The van der Waals surface area contributed by atoms with E-state index in [2.05, 4.69) is 69.0 Å². The van der Waals surface area contributed by atoms with Gasteiger partial charge in [-0.25, -0.2) is 0 Å². The molecule has 2 aromatic carbocycles. The van der Waals surface area contributed by atoms with Crippen molar-refractivity contribution in [1.29, 1.82) is 0 Å². The monoisotopic (exact) mass is 623 g/mol. The lowest BCUT2D eigenvalue weighted by atomic mass is 9.75. The van der Waals surface area contributed by atoms with Crippen LogP contribution in [0.3, 0.4) is 0 Å². The van der Waals surface area contributed by atoms with E-state index in [1.165, 1.54) is 0 Å². The van der Waals surface area contributed by atoms with E-state index in [1.54, 1.807) is 0 Å². The van der Waals surface area contributed by atoms with E-state index in [-0.39, 0.29) is 12.5 Å². The molecule has 0 radical (unpaired) electrons. The van der Waals surface area contributed by atoms with Crippen LogP contribution in [0.2, 0.25) is 0 Å². The Morgan fingerprint density at radius 2 is 1.22 bits per heavy atom. The highest BCUT2D eigenvalue weighted by Crippen LogP contribution is 2.32. The van der Waals surface area contributed by atoms with Gasteiger partial charge in [0.05, 0.1) is 5.41 Å². The number of benzene rings is 2. The predicted octanol–water partition coefficient (Wildman–Crippen LogP) is 4.54. The van der Waals surface area contributed by atoms with Gasteiger partial charge in [-0.3, -0.25) is 4.79 Å². The smallest absolute Gasteiger partial charge is 0.228 e. The van der Waals surface area contributed by atoms with Crippen molar-refractivity contribution in [1.82, 2.24) is 5.32 Å². The molecule has 0 bridgehead atoms. The van der Waals surface area contributed by atoms with Crippen molar-refractivity contribution in [2.24, 2.45) is 16.9 Å². The summed E-state index contributed by atoms with van der Waals surface area (Å²) in [5, 5.41) is 2.93. The normalized spacial score (nSPS) is 11.5. The number of carbonyl (C=O) groups is 1. The second kappa shape index (κ2) is 10.5. The molecule has 2 rings (SSSR count). The van der Waals surface area contributed by atoms with Crippen molar-refractivity contribution < 1.29 is 4.79 Å². The molecule has 27 heavy (non-hydrogen) atoms. The lowest BCUT2D eigenvalue weighted by Crippen LogP contribution is -2.50. The molecule has 0 saturated heterocycles. The first-order valence-corrected chi connectivity index (χ1v) is 11.5. The predicted molar refractivity (Wildman–Crippen MR) is 125 cm³/mol. The number of nitrogens with one attached hydrogen (secondary N) is 1. The number of hydrogen-bond acceptors (Lipinski definition) is 3. The molecule has 0 heterocycles. The SMILES string of the molecule is NCCNC(=O)C(CN)(Cc1cc(Br)cc(Br)c1)Cc1cc(Br)cc(Br)c1. The minimum absolute atomic E-state index is 0.0809. The van der Waals surface area contributed by atoms with E-state index >= 15 is 0 Å². The van der Waals surface area contributed by atoms with Crippen molar-refractivity contribution >= 4 is 69.6 Å². The molecule has 0 aromatic heterocycles. The van der Waals surface area contributed by atoms with Crippen LogP contribution in [0.5, 0.6) is 0 Å². The maximum Gasteiger partial charge on any atom is 0.228 e. The van der Waals surface area contributed by atoms with Gasteiger partial charge in [0.2, 0.25) is 5.91 Å². The number of halogens is 4. The molecule has 0 atom stereocenters. The second-order valence-electron chi connectivity index (χ2n) is 6.44. The summed E-state index contributed by atoms with van der Waals surface area (Å²) in [5.41, 5.74) is 13.0. The van der Waals surface area contributed by atoms with E-state index in [0.29, 0.717) is 25.9 Å². The Morgan fingerprint density at radius 3 is 1.56 bits per heavy atom. The average molecular weight is 627 g/mol. The van der Waals surface area contributed by atoms with Gasteiger partial charge in [-0.15, -0.1) is 0 Å². The molecule has 0 spiro atoms. The fourth-order valence-corrected chi connectivity index (χ4v) is 5.82. The van der Waals surface area contributed by atoms with Gasteiger partial charge in [0.1, 0.15) is 0 Å². The molecule has 0 saturated carbocycles. The van der Waals surface area contributed by atoms with Crippen LogP contribution in [0, 0.1) is 5.41 Å². The Labute approximate surface area is 193 Å². The molecule has 0 aliphatic carbocycles. The van der Waals surface area contributed by atoms with Gasteiger partial charge in [0, 0.05) is 37.5 Å². The Morgan fingerprint density at radius 1 is 0.815 bits per heavy atom. The first-order valence-electron chi connectivity index (χ1n) is 8.36. The standard InChI is InChI=1S/C19H21Br4N3O/c20-14-3-12(4-15(21)7-14)9-19(11-25,18(27)26-2-1-24)10-13-5-16(22)8-17(23)6-13/h3-8H,1-2,9-11,24-25H2,(H,26,27). The molecule has 8 heteroatoms. The molecule has 0 aliphatic rings. The number of rotatable bonds is 8. The van der Waals surface area contributed by atoms with Gasteiger partial charge < -0.3 is 16.8 Å². The first-order chi connectivity index (χ1) is 12.8. The summed E-state index contributed by atoms with van der Waals surface area (Å²) in [4.78, 5) is 13.1. The van der Waals surface area contributed by atoms with Gasteiger partial charge in [0.15, 0.2) is 0 Å². The quantitative estimate of drug-likeness (QED) is 0.403. The van der Waals surface area contributed by atoms with E-state index in [1.807, 2.05) is 36.4 Å². The number of amides is 1. The minimum atomic E-state index is -0.782. The number of carbonyl (C=O) groups excluding carboxylic acids is 1. The van der Waals surface area contributed by atoms with Gasteiger partial charge >= 0.3 is 0 Å². The van der Waals surface area contributed by atoms with Crippen LogP contribution in [0.15, 0.2) is 54.3 Å². The van der Waals surface area contributed by atoms with Crippen LogP contribution < -0.4 is 16.8 Å². The van der Waals surface area contributed by atoms with Crippen molar-refractivity contribution in [3.8, 4) is 0 Å². The summed E-state index contributed by atoms with van der Waals surface area (Å²) >= 11 is 14.1. The topological polar surface area (TPSA) is 81.1 Å². The van der Waals surface area contributed by atoms with Gasteiger partial charge in [-0.05, 0) is 60.4 Å². The van der Waals surface area contributed by atoms with E-state index in [9.17, 15) is 4.79 Å². The zero-order chi connectivity index (χ0) is 20.0.